The lowest BCUT2D eigenvalue weighted by Crippen LogP contribution is -2.54. The molecule has 0 saturated carbocycles. The van der Waals surface area contributed by atoms with E-state index in [1.807, 2.05) is 36.1 Å². The van der Waals surface area contributed by atoms with Gasteiger partial charge in [0.1, 0.15) is 0 Å². The van der Waals surface area contributed by atoms with Crippen LogP contribution in [0.15, 0.2) is 24.3 Å². The van der Waals surface area contributed by atoms with E-state index < -0.39 is 0 Å². The summed E-state index contributed by atoms with van der Waals surface area (Å²) in [6.07, 6.45) is 1.97. The maximum absolute atomic E-state index is 13.2. The second kappa shape index (κ2) is 7.16. The number of para-hydroxylation sites is 2. The van der Waals surface area contributed by atoms with Crippen LogP contribution in [-0.4, -0.2) is 37.0 Å². The standard InChI is InChI=1S/C20H29N3O2/c1-13(2)17-10-9-16(11-21-17)20(25)22-12-14(3)23(15(4)24)19-8-6-5-7-18(19)22/h5-8,13-14,16-17,21H,9-12H2,1-4H3/t14-,16?,17?/m0/s1. The van der Waals surface area contributed by atoms with Crippen molar-refractivity contribution in [2.24, 2.45) is 11.8 Å². The molecule has 0 aromatic heterocycles. The highest BCUT2D eigenvalue weighted by Crippen LogP contribution is 2.36. The molecule has 1 aromatic carbocycles. The van der Waals surface area contributed by atoms with E-state index in [2.05, 4.69) is 19.2 Å². The van der Waals surface area contributed by atoms with Crippen molar-refractivity contribution in [2.45, 2.75) is 52.6 Å². The molecule has 0 aliphatic carbocycles. The molecular formula is C20H29N3O2. The van der Waals surface area contributed by atoms with E-state index in [4.69, 9.17) is 0 Å². The zero-order valence-corrected chi connectivity index (χ0v) is 15.7. The second-order valence-electron chi connectivity index (χ2n) is 7.71. The van der Waals surface area contributed by atoms with E-state index >= 15 is 0 Å². The first kappa shape index (κ1) is 17.9. The normalized spacial score (nSPS) is 26.5. The molecule has 0 bridgehead atoms. The molecule has 25 heavy (non-hydrogen) atoms. The Labute approximate surface area is 150 Å². The van der Waals surface area contributed by atoms with Gasteiger partial charge in [-0.15, -0.1) is 0 Å². The number of nitrogens with zero attached hydrogens (tertiary/aromatic N) is 2. The Bertz CT molecular complexity index is 650. The molecule has 2 heterocycles. The molecule has 3 atom stereocenters. The van der Waals surface area contributed by atoms with Gasteiger partial charge in [-0.2, -0.15) is 0 Å². The Balaban J connectivity index is 1.82. The van der Waals surface area contributed by atoms with E-state index in [0.717, 1.165) is 30.8 Å². The second-order valence-corrected chi connectivity index (χ2v) is 7.71. The maximum Gasteiger partial charge on any atom is 0.231 e. The third-order valence-corrected chi connectivity index (χ3v) is 5.53. The van der Waals surface area contributed by atoms with Gasteiger partial charge in [0.25, 0.3) is 0 Å². The molecule has 1 saturated heterocycles. The zero-order chi connectivity index (χ0) is 18.1. The largest absolute Gasteiger partial charge is 0.313 e. The van der Waals surface area contributed by atoms with Crippen LogP contribution < -0.4 is 15.1 Å². The number of amides is 2. The van der Waals surface area contributed by atoms with Crippen molar-refractivity contribution in [1.29, 1.82) is 0 Å². The van der Waals surface area contributed by atoms with E-state index in [-0.39, 0.29) is 23.8 Å². The van der Waals surface area contributed by atoms with Crippen molar-refractivity contribution in [3.63, 3.8) is 0 Å². The Morgan fingerprint density at radius 3 is 2.40 bits per heavy atom. The average molecular weight is 343 g/mol. The lowest BCUT2D eigenvalue weighted by Gasteiger charge is -2.42. The van der Waals surface area contributed by atoms with Gasteiger partial charge in [0.2, 0.25) is 11.8 Å². The third kappa shape index (κ3) is 3.43. The smallest absolute Gasteiger partial charge is 0.231 e. The lowest BCUT2D eigenvalue weighted by atomic mass is 9.88. The van der Waals surface area contributed by atoms with Gasteiger partial charge in [-0.1, -0.05) is 26.0 Å². The van der Waals surface area contributed by atoms with E-state index in [0.29, 0.717) is 18.5 Å². The summed E-state index contributed by atoms with van der Waals surface area (Å²) >= 11 is 0. The van der Waals surface area contributed by atoms with Gasteiger partial charge in [-0.3, -0.25) is 9.59 Å². The van der Waals surface area contributed by atoms with Crippen molar-refractivity contribution >= 4 is 23.2 Å². The van der Waals surface area contributed by atoms with Crippen LogP contribution in [0.2, 0.25) is 0 Å². The van der Waals surface area contributed by atoms with Crippen LogP contribution >= 0.6 is 0 Å². The van der Waals surface area contributed by atoms with Crippen molar-refractivity contribution in [2.75, 3.05) is 22.9 Å². The molecule has 1 aromatic rings. The summed E-state index contributed by atoms with van der Waals surface area (Å²) in [4.78, 5) is 28.9. The first-order valence-corrected chi connectivity index (χ1v) is 9.33. The fourth-order valence-electron chi connectivity index (χ4n) is 4.15. The molecule has 2 aliphatic rings. The predicted molar refractivity (Wildman–Crippen MR) is 101 cm³/mol. The van der Waals surface area contributed by atoms with Crippen molar-refractivity contribution < 1.29 is 9.59 Å². The number of hydrogen-bond donors (Lipinski definition) is 1. The fraction of sp³-hybridized carbons (Fsp3) is 0.600. The summed E-state index contributed by atoms with van der Waals surface area (Å²) in [6.45, 7) is 9.33. The van der Waals surface area contributed by atoms with Crippen LogP contribution in [0.3, 0.4) is 0 Å². The maximum atomic E-state index is 13.2. The molecule has 2 aliphatic heterocycles. The number of nitrogens with one attached hydrogen (secondary N) is 1. The highest BCUT2D eigenvalue weighted by molar-refractivity contribution is 6.04. The van der Waals surface area contributed by atoms with Gasteiger partial charge in [-0.05, 0) is 37.8 Å². The first-order valence-electron chi connectivity index (χ1n) is 9.33. The number of carbonyl (C=O) groups excluding carboxylic acids is 2. The number of carbonyl (C=O) groups is 2. The molecule has 1 N–H and O–H groups in total. The molecule has 3 rings (SSSR count). The minimum absolute atomic E-state index is 0.0131. The van der Waals surface area contributed by atoms with Gasteiger partial charge < -0.3 is 15.1 Å². The number of rotatable bonds is 2. The third-order valence-electron chi connectivity index (χ3n) is 5.53. The minimum atomic E-state index is -0.0173. The van der Waals surface area contributed by atoms with Crippen LogP contribution in [0.5, 0.6) is 0 Å². The topological polar surface area (TPSA) is 52.7 Å². The van der Waals surface area contributed by atoms with Gasteiger partial charge in [0.15, 0.2) is 0 Å². The zero-order valence-electron chi connectivity index (χ0n) is 15.7. The molecule has 1 fully saturated rings. The van der Waals surface area contributed by atoms with Crippen molar-refractivity contribution in [3.8, 4) is 0 Å². The summed E-state index contributed by atoms with van der Waals surface area (Å²) in [7, 11) is 0. The Morgan fingerprint density at radius 1 is 1.16 bits per heavy atom. The monoisotopic (exact) mass is 343 g/mol. The predicted octanol–water partition coefficient (Wildman–Crippen LogP) is 2.80. The average Bonchev–Trinajstić information content (AvgIpc) is 2.60. The molecule has 0 spiro atoms. The number of benzene rings is 1. The van der Waals surface area contributed by atoms with Crippen LogP contribution in [-0.2, 0) is 9.59 Å². The van der Waals surface area contributed by atoms with E-state index in [9.17, 15) is 9.59 Å². The number of anilines is 2. The number of fused-ring (bicyclic) bond motifs is 1. The number of piperidine rings is 1. The van der Waals surface area contributed by atoms with Gasteiger partial charge in [-0.25, -0.2) is 0 Å². The molecule has 2 unspecified atom stereocenters. The minimum Gasteiger partial charge on any atom is -0.313 e. The molecule has 136 valence electrons. The lowest BCUT2D eigenvalue weighted by molar-refractivity contribution is -0.123. The van der Waals surface area contributed by atoms with Crippen LogP contribution in [0, 0.1) is 11.8 Å². The summed E-state index contributed by atoms with van der Waals surface area (Å²) in [5.41, 5.74) is 1.69. The summed E-state index contributed by atoms with van der Waals surface area (Å²) in [6, 6.07) is 8.22. The van der Waals surface area contributed by atoms with Crippen LogP contribution in [0.25, 0.3) is 0 Å². The Kier molecular flexibility index (Phi) is 5.13. The highest BCUT2D eigenvalue weighted by Gasteiger charge is 2.37. The summed E-state index contributed by atoms with van der Waals surface area (Å²) < 4.78 is 0. The summed E-state index contributed by atoms with van der Waals surface area (Å²) in [5, 5.41) is 3.54. The van der Waals surface area contributed by atoms with Gasteiger partial charge in [0, 0.05) is 26.1 Å². The van der Waals surface area contributed by atoms with Crippen molar-refractivity contribution in [1.82, 2.24) is 5.32 Å². The SMILES string of the molecule is CC(=O)N1c2ccccc2N(C(=O)C2CCC(C(C)C)NC2)C[C@@H]1C. The molecule has 2 amide bonds. The first-order chi connectivity index (χ1) is 11.9. The Morgan fingerprint density at radius 2 is 1.84 bits per heavy atom. The number of hydrogen-bond acceptors (Lipinski definition) is 3. The van der Waals surface area contributed by atoms with Crippen molar-refractivity contribution in [3.05, 3.63) is 24.3 Å². The highest BCUT2D eigenvalue weighted by atomic mass is 16.2. The van der Waals surface area contributed by atoms with Crippen LogP contribution in [0.4, 0.5) is 11.4 Å². The fourth-order valence-corrected chi connectivity index (χ4v) is 4.15. The van der Waals surface area contributed by atoms with E-state index in [1.54, 1.807) is 11.8 Å². The van der Waals surface area contributed by atoms with Gasteiger partial charge in [0.05, 0.1) is 23.3 Å². The Hall–Kier alpha value is -1.88. The quantitative estimate of drug-likeness (QED) is 0.898. The molecule has 5 heteroatoms. The molecular weight excluding hydrogens is 314 g/mol. The summed E-state index contributed by atoms with van der Waals surface area (Å²) in [5.74, 6) is 0.804. The molecule has 0 radical (unpaired) electrons. The molecule has 5 nitrogen and oxygen atoms in total. The van der Waals surface area contributed by atoms with E-state index in [1.165, 1.54) is 0 Å². The van der Waals surface area contributed by atoms with Crippen LogP contribution in [0.1, 0.15) is 40.5 Å². The van der Waals surface area contributed by atoms with Gasteiger partial charge >= 0.3 is 0 Å².